The van der Waals surface area contributed by atoms with Crippen molar-refractivity contribution in [3.63, 3.8) is 0 Å². The van der Waals surface area contributed by atoms with Crippen LogP contribution in [0.4, 0.5) is 0 Å². The molecule has 0 aromatic rings. The van der Waals surface area contributed by atoms with E-state index in [1.165, 1.54) is 0 Å². The molecule has 0 aromatic heterocycles. The zero-order chi connectivity index (χ0) is 6.78. The van der Waals surface area contributed by atoms with E-state index in [0.29, 0.717) is 6.15 Å². The summed E-state index contributed by atoms with van der Waals surface area (Å²) >= 11 is 0. The molecular formula is CH11BP6. The van der Waals surface area contributed by atoms with Gasteiger partial charge in [0.1, 0.15) is 0 Å². The Labute approximate surface area is 64.9 Å². The largest absolute Gasteiger partial charge is 0.213 e. The van der Waals surface area contributed by atoms with Gasteiger partial charge >= 0.3 is 0 Å². The van der Waals surface area contributed by atoms with E-state index in [1.54, 1.807) is 0 Å². The van der Waals surface area contributed by atoms with Crippen molar-refractivity contribution in [2.24, 2.45) is 0 Å². The van der Waals surface area contributed by atoms with E-state index in [1.807, 2.05) is 0 Å². The van der Waals surface area contributed by atoms with Crippen LogP contribution in [0.3, 0.4) is 0 Å². The van der Waals surface area contributed by atoms with Gasteiger partial charge in [-0.1, -0.05) is 0 Å². The van der Waals surface area contributed by atoms with Crippen molar-refractivity contribution >= 4 is 60.1 Å². The summed E-state index contributed by atoms with van der Waals surface area (Å²) in [6.45, 7) is 0. The highest BCUT2D eigenvalue weighted by molar-refractivity contribution is 8.30. The van der Waals surface area contributed by atoms with Crippen LogP contribution in [0.2, 0.25) is 0 Å². The lowest BCUT2D eigenvalue weighted by Gasteiger charge is -2.21. The van der Waals surface area contributed by atoms with Gasteiger partial charge in [-0.3, -0.25) is 0 Å². The summed E-state index contributed by atoms with van der Waals surface area (Å²) < 4.78 is 0.213. The Balaban J connectivity index is 3.62. The minimum absolute atomic E-state index is 0.213. The predicted molar refractivity (Wildman–Crippen MR) is 65.4 cm³/mol. The van der Waals surface area contributed by atoms with Crippen LogP contribution in [0, 0.1) is 0 Å². The van der Waals surface area contributed by atoms with Gasteiger partial charge in [-0.2, -0.15) is 9.12 Å². The van der Waals surface area contributed by atoms with Gasteiger partial charge in [-0.05, 0) is 0 Å². The molecule has 0 N–H and O–H groups in total. The normalized spacial score (nSPS) is 13.1. The summed E-state index contributed by atoms with van der Waals surface area (Å²) in [4.78, 5) is 0. The van der Waals surface area contributed by atoms with Crippen molar-refractivity contribution in [1.29, 1.82) is 0 Å². The molecule has 0 nitrogen and oxygen atoms in total. The molecule has 0 rings (SSSR count). The predicted octanol–water partition coefficient (Wildman–Crippen LogP) is 1.64. The van der Waals surface area contributed by atoms with Gasteiger partial charge in [-0.15, -0.1) is 44.8 Å². The average Bonchev–Trinajstić information content (AvgIpc) is 1.62. The Morgan fingerprint density at radius 2 is 1.62 bits per heavy atom. The van der Waals surface area contributed by atoms with Crippen LogP contribution in [-0.4, -0.2) is 10.7 Å². The zero-order valence-corrected chi connectivity index (χ0v) is 11.2. The molecule has 48 valence electrons. The maximum absolute atomic E-state index is 2.81. The summed E-state index contributed by atoms with van der Waals surface area (Å²) in [5.41, 5.74) is 0. The molecule has 0 spiro atoms. The van der Waals surface area contributed by atoms with Crippen LogP contribution < -0.4 is 0 Å². The molecule has 0 aromatic carbocycles. The van der Waals surface area contributed by atoms with Gasteiger partial charge in [0.05, 0.1) is 0 Å². The molecule has 0 aliphatic carbocycles. The lowest BCUT2D eigenvalue weighted by Crippen LogP contribution is -2.15. The second-order valence-corrected chi connectivity index (χ2v) is 9.93. The van der Waals surface area contributed by atoms with Crippen molar-refractivity contribution in [3.05, 3.63) is 0 Å². The third-order valence-electron chi connectivity index (χ3n) is 0.718. The smallest absolute Gasteiger partial charge is 0.164 e. The molecule has 0 aliphatic heterocycles. The second-order valence-electron chi connectivity index (χ2n) is 1.64. The third-order valence-corrected chi connectivity index (χ3v) is 8.20. The topological polar surface area (TPSA) is 0 Å². The second kappa shape index (κ2) is 4.51. The Hall–Kier alpha value is 2.64. The zero-order valence-electron chi connectivity index (χ0n) is 4.46. The van der Waals surface area contributed by atoms with Crippen LogP contribution >= 0.6 is 53.9 Å². The van der Waals surface area contributed by atoms with Gasteiger partial charge in [0.15, 0.2) is 0 Å². The monoisotopic (exact) mass is 220 g/mol. The minimum Gasteiger partial charge on any atom is -0.164 e. The summed E-state index contributed by atoms with van der Waals surface area (Å²) in [5.74, 6) is 0. The van der Waals surface area contributed by atoms with Crippen LogP contribution in [0.1, 0.15) is 0 Å². The molecule has 0 saturated heterocycles. The van der Waals surface area contributed by atoms with Crippen molar-refractivity contribution < 1.29 is 0 Å². The summed E-state index contributed by atoms with van der Waals surface area (Å²) in [6, 6.07) is 0. The van der Waals surface area contributed by atoms with Crippen molar-refractivity contribution in [2.45, 2.75) is 4.54 Å². The average molecular weight is 220 g/mol. The van der Waals surface area contributed by atoms with E-state index in [2.05, 4.69) is 45.8 Å². The molecule has 8 heavy (non-hydrogen) atoms. The molecule has 0 radical (unpaired) electrons. The van der Waals surface area contributed by atoms with E-state index in [-0.39, 0.29) is 4.54 Å². The summed E-state index contributed by atoms with van der Waals surface area (Å²) in [5, 5.41) is 0. The highest BCUT2D eigenvalue weighted by Crippen LogP contribution is 2.48. The highest BCUT2D eigenvalue weighted by Gasteiger charge is 2.22. The van der Waals surface area contributed by atoms with Crippen LogP contribution in [-0.2, 0) is 0 Å². The van der Waals surface area contributed by atoms with Gasteiger partial charge in [0.2, 0.25) is 6.15 Å². The first-order valence-electron chi connectivity index (χ1n) is 2.07. The molecule has 0 saturated carbocycles. The van der Waals surface area contributed by atoms with E-state index in [4.69, 9.17) is 0 Å². The molecule has 0 amide bonds. The maximum atomic E-state index is 2.81. The number of hydrogen-bond acceptors (Lipinski definition) is 0. The summed E-state index contributed by atoms with van der Waals surface area (Å²) in [7, 11) is 14.8. The van der Waals surface area contributed by atoms with E-state index in [9.17, 15) is 0 Å². The Bertz CT molecular complexity index is 65.4. The Morgan fingerprint density at radius 1 is 1.25 bits per heavy atom. The first-order valence-corrected chi connectivity index (χ1v) is 7.35. The summed E-state index contributed by atoms with van der Waals surface area (Å²) in [6.07, 6.45) is 0.646. The molecule has 0 heterocycles. The quantitative estimate of drug-likeness (QED) is 0.489. The SMILES string of the molecule is PPB(P)C(P)(P)P. The fraction of sp³-hybridized carbons (Fsp3) is 1.00. The van der Waals surface area contributed by atoms with Crippen molar-refractivity contribution in [2.75, 3.05) is 0 Å². The highest BCUT2D eigenvalue weighted by atomic mass is 32.0. The fourth-order valence-electron chi connectivity index (χ4n) is 0.144. The molecule has 0 fully saturated rings. The maximum Gasteiger partial charge on any atom is 0.213 e. The Morgan fingerprint density at radius 3 is 1.62 bits per heavy atom. The first kappa shape index (κ1) is 10.6. The molecule has 0 bridgehead atoms. The molecule has 0 aliphatic rings. The molecule has 6 unspecified atom stereocenters. The first-order chi connectivity index (χ1) is 3.48. The van der Waals surface area contributed by atoms with Crippen molar-refractivity contribution in [1.82, 2.24) is 0 Å². The Kier molecular flexibility index (Phi) is 6.00. The number of rotatable bonds is 2. The van der Waals surface area contributed by atoms with Gasteiger partial charge in [-0.25, -0.2) is 0 Å². The molecule has 6 atom stereocenters. The van der Waals surface area contributed by atoms with E-state index in [0.717, 1.165) is 8.15 Å². The van der Waals surface area contributed by atoms with Crippen LogP contribution in [0.5, 0.6) is 0 Å². The fourth-order valence-corrected chi connectivity index (χ4v) is 3.90. The lowest BCUT2D eigenvalue weighted by atomic mass is 10.1. The van der Waals surface area contributed by atoms with E-state index < -0.39 is 0 Å². The van der Waals surface area contributed by atoms with E-state index >= 15 is 0 Å². The lowest BCUT2D eigenvalue weighted by molar-refractivity contribution is 1.85. The standard InChI is InChI=1S/CH11BP6/c3-1(4,5)2(6)8-7/h8H,3-7H2. The molecular weight excluding hydrogens is 209 g/mol. The van der Waals surface area contributed by atoms with Crippen LogP contribution in [0.25, 0.3) is 0 Å². The minimum atomic E-state index is 0.213. The van der Waals surface area contributed by atoms with Crippen LogP contribution in [0.15, 0.2) is 0 Å². The van der Waals surface area contributed by atoms with Gasteiger partial charge < -0.3 is 0 Å². The van der Waals surface area contributed by atoms with Gasteiger partial charge in [0, 0.05) is 4.54 Å². The third kappa shape index (κ3) is 4.46. The van der Waals surface area contributed by atoms with Gasteiger partial charge in [0.25, 0.3) is 0 Å². The number of hydrogen-bond donors (Lipinski definition) is 0. The molecule has 7 heteroatoms. The van der Waals surface area contributed by atoms with Crippen molar-refractivity contribution in [3.8, 4) is 0 Å².